The van der Waals surface area contributed by atoms with Gasteiger partial charge in [-0.05, 0) is 56.2 Å². The monoisotopic (exact) mass is 675 g/mol. The molecule has 3 amide bonds. The molecule has 0 aromatic heterocycles. The first-order chi connectivity index (χ1) is 23.2. The van der Waals surface area contributed by atoms with Crippen molar-refractivity contribution < 1.29 is 34.4 Å². The largest absolute Gasteiger partial charge is 0.530 e. The fourth-order valence-corrected chi connectivity index (χ4v) is 5.55. The van der Waals surface area contributed by atoms with Gasteiger partial charge in [-0.2, -0.15) is 0 Å². The summed E-state index contributed by atoms with van der Waals surface area (Å²) < 4.78 is 5.42. The molecular formula is C38H51N4O7-. The van der Waals surface area contributed by atoms with Gasteiger partial charge in [-0.15, -0.1) is 0 Å². The third-order valence-corrected chi connectivity index (χ3v) is 7.93. The maximum Gasteiger partial charge on any atom is 0.407 e. The van der Waals surface area contributed by atoms with Crippen molar-refractivity contribution in [2.24, 2.45) is 5.92 Å². The van der Waals surface area contributed by atoms with Crippen molar-refractivity contribution in [2.45, 2.75) is 89.9 Å². The SMILES string of the molecule is CC(C)[C@@H](C(=O)N[C@@H](Cc1ccccc1)[C@@H](O)CNC[C@H](O)[C@H](Cc1ccccc1)NC(=O)OC(C)(C)C)N(Cc1ccccc1)C(=O)[O-]. The van der Waals surface area contributed by atoms with Crippen LogP contribution in [0.4, 0.5) is 9.59 Å². The molecule has 0 spiro atoms. The van der Waals surface area contributed by atoms with Gasteiger partial charge in [0.25, 0.3) is 0 Å². The van der Waals surface area contributed by atoms with Gasteiger partial charge >= 0.3 is 6.09 Å². The fourth-order valence-electron chi connectivity index (χ4n) is 5.55. The molecular weight excluding hydrogens is 624 g/mol. The number of hydrogen-bond acceptors (Lipinski definition) is 8. The first-order valence-corrected chi connectivity index (χ1v) is 16.7. The summed E-state index contributed by atoms with van der Waals surface area (Å²) in [4.78, 5) is 39.7. The minimum absolute atomic E-state index is 0.0140. The van der Waals surface area contributed by atoms with Crippen molar-refractivity contribution in [3.8, 4) is 0 Å². The summed E-state index contributed by atoms with van der Waals surface area (Å²) in [6.45, 7) is 8.75. The number of alkyl carbamates (subject to hydrolysis) is 1. The Hall–Kier alpha value is -4.45. The Balaban J connectivity index is 1.73. The maximum absolute atomic E-state index is 13.8. The molecule has 0 unspecified atom stereocenters. The molecule has 5 atom stereocenters. The summed E-state index contributed by atoms with van der Waals surface area (Å²) in [5.41, 5.74) is 1.76. The van der Waals surface area contributed by atoms with Gasteiger partial charge in [0, 0.05) is 19.6 Å². The summed E-state index contributed by atoms with van der Waals surface area (Å²) in [6, 6.07) is 25.1. The van der Waals surface area contributed by atoms with Gasteiger partial charge in [-0.1, -0.05) is 105 Å². The first-order valence-electron chi connectivity index (χ1n) is 16.7. The molecule has 266 valence electrons. The highest BCUT2D eigenvalue weighted by Crippen LogP contribution is 2.17. The van der Waals surface area contributed by atoms with Gasteiger partial charge in [0.2, 0.25) is 5.91 Å². The van der Waals surface area contributed by atoms with Crippen LogP contribution in [-0.4, -0.2) is 82.2 Å². The average Bonchev–Trinajstić information content (AvgIpc) is 3.04. The predicted molar refractivity (Wildman–Crippen MR) is 186 cm³/mol. The van der Waals surface area contributed by atoms with E-state index in [4.69, 9.17) is 4.74 Å². The molecule has 0 saturated carbocycles. The minimum Gasteiger partial charge on any atom is -0.530 e. The second kappa shape index (κ2) is 18.9. The van der Waals surface area contributed by atoms with Crippen molar-refractivity contribution >= 4 is 18.1 Å². The van der Waals surface area contributed by atoms with Crippen molar-refractivity contribution in [1.29, 1.82) is 0 Å². The number of amides is 3. The van der Waals surface area contributed by atoms with E-state index in [1.807, 2.05) is 66.7 Å². The number of nitrogens with zero attached hydrogens (tertiary/aromatic N) is 1. The van der Waals surface area contributed by atoms with Gasteiger partial charge in [-0.25, -0.2) is 4.79 Å². The second-order valence-corrected chi connectivity index (χ2v) is 13.6. The van der Waals surface area contributed by atoms with Crippen LogP contribution >= 0.6 is 0 Å². The van der Waals surface area contributed by atoms with Crippen molar-refractivity contribution in [2.75, 3.05) is 13.1 Å². The first kappa shape index (κ1) is 39.0. The lowest BCUT2D eigenvalue weighted by atomic mass is 9.97. The van der Waals surface area contributed by atoms with Crippen LogP contribution in [0.1, 0.15) is 51.3 Å². The topological polar surface area (TPSA) is 163 Å². The van der Waals surface area contributed by atoms with E-state index in [-0.39, 0.29) is 26.1 Å². The molecule has 0 bridgehead atoms. The quantitative estimate of drug-likeness (QED) is 0.146. The van der Waals surface area contributed by atoms with Crippen LogP contribution in [-0.2, 0) is 28.9 Å². The van der Waals surface area contributed by atoms with E-state index < -0.39 is 59.9 Å². The van der Waals surface area contributed by atoms with E-state index in [9.17, 15) is 29.7 Å². The minimum atomic E-state index is -1.47. The maximum atomic E-state index is 13.8. The number of nitrogens with one attached hydrogen (secondary N) is 3. The number of carbonyl (C=O) groups is 3. The van der Waals surface area contributed by atoms with E-state index in [1.165, 1.54) is 0 Å². The molecule has 0 saturated heterocycles. The Morgan fingerprint density at radius 2 is 1.16 bits per heavy atom. The third-order valence-electron chi connectivity index (χ3n) is 7.93. The Morgan fingerprint density at radius 3 is 1.57 bits per heavy atom. The van der Waals surface area contributed by atoms with Gasteiger partial charge in [0.1, 0.15) is 17.7 Å². The summed E-state index contributed by atoms with van der Waals surface area (Å²) in [5, 5.41) is 43.6. The van der Waals surface area contributed by atoms with E-state index in [0.29, 0.717) is 12.0 Å². The summed E-state index contributed by atoms with van der Waals surface area (Å²) >= 11 is 0. The lowest BCUT2D eigenvalue weighted by molar-refractivity contribution is -0.269. The van der Waals surface area contributed by atoms with E-state index in [0.717, 1.165) is 16.0 Å². The molecule has 0 fully saturated rings. The fraction of sp³-hybridized carbons (Fsp3) is 0.447. The molecule has 11 heteroatoms. The highest BCUT2D eigenvalue weighted by atomic mass is 16.6. The molecule has 49 heavy (non-hydrogen) atoms. The Morgan fingerprint density at radius 1 is 0.735 bits per heavy atom. The molecule has 3 aromatic rings. The number of hydrogen-bond donors (Lipinski definition) is 5. The molecule has 3 rings (SSSR count). The van der Waals surface area contributed by atoms with Gasteiger partial charge in [0.05, 0.1) is 24.3 Å². The Bertz CT molecular complexity index is 1430. The van der Waals surface area contributed by atoms with Crippen LogP contribution < -0.4 is 21.1 Å². The van der Waals surface area contributed by atoms with Gasteiger partial charge in [-0.3, -0.25) is 4.79 Å². The molecule has 5 N–H and O–H groups in total. The van der Waals surface area contributed by atoms with E-state index in [1.54, 1.807) is 58.9 Å². The third kappa shape index (κ3) is 13.5. The Labute approximate surface area is 289 Å². The molecule has 0 radical (unpaired) electrons. The molecule has 0 aliphatic heterocycles. The van der Waals surface area contributed by atoms with Crippen LogP contribution in [0.2, 0.25) is 0 Å². The lowest BCUT2D eigenvalue weighted by Crippen LogP contribution is -2.59. The summed E-state index contributed by atoms with van der Waals surface area (Å²) in [5.74, 6) is -0.956. The molecule has 0 aliphatic carbocycles. The number of carbonyl (C=O) groups excluding carboxylic acids is 3. The van der Waals surface area contributed by atoms with Crippen molar-refractivity contribution in [3.63, 3.8) is 0 Å². The average molecular weight is 676 g/mol. The second-order valence-electron chi connectivity index (χ2n) is 13.6. The molecule has 0 aliphatic rings. The smallest absolute Gasteiger partial charge is 0.407 e. The number of ether oxygens (including phenoxy) is 1. The number of aliphatic hydroxyl groups is 2. The molecule has 3 aromatic carbocycles. The predicted octanol–water partition coefficient (Wildman–Crippen LogP) is 3.03. The Kier molecular flexibility index (Phi) is 15.1. The zero-order valence-electron chi connectivity index (χ0n) is 29.0. The zero-order valence-corrected chi connectivity index (χ0v) is 29.0. The number of carboxylic acid groups (broad SMARTS) is 1. The number of aliphatic hydroxyl groups excluding tert-OH is 2. The highest BCUT2D eigenvalue weighted by molar-refractivity contribution is 5.85. The van der Waals surface area contributed by atoms with Crippen LogP contribution in [0.15, 0.2) is 91.0 Å². The zero-order chi connectivity index (χ0) is 36.0. The number of rotatable bonds is 17. The molecule has 0 heterocycles. The highest BCUT2D eigenvalue weighted by Gasteiger charge is 2.33. The van der Waals surface area contributed by atoms with Gasteiger partial charge in [0.15, 0.2) is 0 Å². The molecule has 11 nitrogen and oxygen atoms in total. The lowest BCUT2D eigenvalue weighted by Gasteiger charge is -2.37. The van der Waals surface area contributed by atoms with Gasteiger partial charge < -0.3 is 45.7 Å². The van der Waals surface area contributed by atoms with Crippen LogP contribution in [0.25, 0.3) is 0 Å². The summed E-state index contributed by atoms with van der Waals surface area (Å²) in [7, 11) is 0. The van der Waals surface area contributed by atoms with Crippen LogP contribution in [0.3, 0.4) is 0 Å². The van der Waals surface area contributed by atoms with Crippen LogP contribution in [0.5, 0.6) is 0 Å². The van der Waals surface area contributed by atoms with E-state index >= 15 is 0 Å². The van der Waals surface area contributed by atoms with Crippen molar-refractivity contribution in [3.05, 3.63) is 108 Å². The standard InChI is InChI=1S/C38H52N4O7/c1-26(2)34(42(37(47)48)25-29-19-13-8-14-20-29)35(45)40-30(21-27-15-9-6-10-16-27)32(43)23-39-24-33(44)31(22-28-17-11-7-12-18-28)41-36(46)49-38(3,4)5/h6-20,26,30-34,39,43-44H,21-25H2,1-5H3,(H,40,45)(H,41,46)(H,47,48)/p-1/t30-,31-,32-,33-,34-/m0/s1. The summed E-state index contributed by atoms with van der Waals surface area (Å²) in [6.07, 6.45) is -3.70. The van der Waals surface area contributed by atoms with E-state index in [2.05, 4.69) is 16.0 Å². The van der Waals surface area contributed by atoms with Crippen molar-refractivity contribution in [1.82, 2.24) is 20.9 Å². The normalized spacial score (nSPS) is 14.6. The van der Waals surface area contributed by atoms with Crippen LogP contribution in [0, 0.1) is 5.92 Å². The number of benzene rings is 3.